The molecule has 0 bridgehead atoms. The molecule has 1 aromatic carbocycles. The van der Waals surface area contributed by atoms with Gasteiger partial charge >= 0.3 is 5.97 Å². The van der Waals surface area contributed by atoms with E-state index in [0.717, 1.165) is 12.1 Å². The van der Waals surface area contributed by atoms with E-state index in [0.29, 0.717) is 0 Å². The zero-order valence-electron chi connectivity index (χ0n) is 7.88. The zero-order chi connectivity index (χ0) is 11.6. The van der Waals surface area contributed by atoms with Crippen LogP contribution in [0, 0.1) is 11.6 Å². The van der Waals surface area contributed by atoms with E-state index < -0.39 is 40.9 Å². The van der Waals surface area contributed by atoms with Crippen molar-refractivity contribution >= 4 is 11.8 Å². The summed E-state index contributed by atoms with van der Waals surface area (Å²) in [7, 11) is 0. The van der Waals surface area contributed by atoms with Gasteiger partial charge in [0.2, 0.25) is 0 Å². The fraction of sp³-hybridized carbons (Fsp3) is 0.200. The molecule has 0 atom stereocenters. The van der Waals surface area contributed by atoms with Gasteiger partial charge in [-0.3, -0.25) is 4.79 Å². The third-order valence-corrected chi connectivity index (χ3v) is 1.84. The molecule has 0 heterocycles. The van der Waals surface area contributed by atoms with Crippen LogP contribution in [0.5, 0.6) is 0 Å². The number of hydrogen-bond acceptors (Lipinski definition) is 2. The Hall–Kier alpha value is -1.78. The van der Waals surface area contributed by atoms with Gasteiger partial charge in [0.05, 0.1) is 5.56 Å². The van der Waals surface area contributed by atoms with Crippen LogP contribution in [-0.2, 0) is 11.2 Å². The number of carboxylic acid groups (broad SMARTS) is 1. The van der Waals surface area contributed by atoms with Crippen molar-refractivity contribution in [2.75, 3.05) is 0 Å². The Morgan fingerprint density at radius 2 is 1.93 bits per heavy atom. The van der Waals surface area contributed by atoms with Crippen LogP contribution in [0.2, 0.25) is 0 Å². The molecule has 15 heavy (non-hydrogen) atoms. The van der Waals surface area contributed by atoms with Crippen molar-refractivity contribution in [1.82, 2.24) is 0 Å². The van der Waals surface area contributed by atoms with Gasteiger partial charge in [0.1, 0.15) is 17.4 Å². The van der Waals surface area contributed by atoms with E-state index in [1.807, 2.05) is 0 Å². The molecule has 0 amide bonds. The third kappa shape index (κ3) is 2.37. The summed E-state index contributed by atoms with van der Waals surface area (Å²) in [6.45, 7) is 1.17. The minimum absolute atomic E-state index is 0.435. The Bertz CT molecular complexity index is 427. The quantitative estimate of drug-likeness (QED) is 0.834. The summed E-state index contributed by atoms with van der Waals surface area (Å²) in [5.41, 5.74) is -1.13. The lowest BCUT2D eigenvalue weighted by Crippen LogP contribution is -2.09. The molecule has 0 aliphatic carbocycles. The summed E-state index contributed by atoms with van der Waals surface area (Å²) >= 11 is 0. The number of ketones is 1. The first-order valence-corrected chi connectivity index (χ1v) is 4.13. The number of carbonyl (C=O) groups is 2. The molecular weight excluding hydrogens is 206 g/mol. The Morgan fingerprint density at radius 3 is 2.40 bits per heavy atom. The first-order valence-electron chi connectivity index (χ1n) is 4.13. The Morgan fingerprint density at radius 1 is 1.33 bits per heavy atom. The fourth-order valence-corrected chi connectivity index (χ4v) is 1.17. The molecule has 0 saturated heterocycles. The highest BCUT2D eigenvalue weighted by Crippen LogP contribution is 2.17. The molecule has 0 aromatic heterocycles. The van der Waals surface area contributed by atoms with Crippen molar-refractivity contribution in [1.29, 1.82) is 0 Å². The first-order chi connectivity index (χ1) is 6.93. The van der Waals surface area contributed by atoms with Gasteiger partial charge in [0.25, 0.3) is 0 Å². The van der Waals surface area contributed by atoms with Crippen LogP contribution in [-0.4, -0.2) is 16.9 Å². The van der Waals surface area contributed by atoms with E-state index in [1.165, 1.54) is 6.92 Å². The second-order valence-electron chi connectivity index (χ2n) is 3.07. The fourth-order valence-electron chi connectivity index (χ4n) is 1.17. The summed E-state index contributed by atoms with van der Waals surface area (Å²) in [6, 6.07) is 1.67. The van der Waals surface area contributed by atoms with E-state index in [2.05, 4.69) is 0 Å². The van der Waals surface area contributed by atoms with Crippen molar-refractivity contribution in [3.8, 4) is 0 Å². The standard InChI is InChI=1S/C10H8F2O3/c1-5(13)4-7-8(11)3-2-6(9(7)12)10(14)15/h2-3H,4H2,1H3,(H,14,15). The van der Waals surface area contributed by atoms with Gasteiger partial charge in [0, 0.05) is 12.0 Å². The first kappa shape index (κ1) is 11.3. The number of rotatable bonds is 3. The summed E-state index contributed by atoms with van der Waals surface area (Å²) in [6.07, 6.45) is -0.446. The Balaban J connectivity index is 3.29. The van der Waals surface area contributed by atoms with E-state index in [9.17, 15) is 18.4 Å². The van der Waals surface area contributed by atoms with Crippen molar-refractivity contribution in [2.24, 2.45) is 0 Å². The lowest BCUT2D eigenvalue weighted by molar-refractivity contribution is -0.116. The Labute approximate surface area is 84.3 Å². The van der Waals surface area contributed by atoms with Crippen molar-refractivity contribution in [3.63, 3.8) is 0 Å². The summed E-state index contributed by atoms with van der Waals surface area (Å²) in [5.74, 6) is -4.02. The summed E-state index contributed by atoms with van der Waals surface area (Å²) < 4.78 is 26.4. The van der Waals surface area contributed by atoms with Gasteiger partial charge in [-0.05, 0) is 19.1 Å². The third-order valence-electron chi connectivity index (χ3n) is 1.84. The van der Waals surface area contributed by atoms with Crippen LogP contribution in [0.15, 0.2) is 12.1 Å². The molecule has 0 saturated carbocycles. The molecule has 0 fully saturated rings. The predicted molar refractivity (Wildman–Crippen MR) is 47.7 cm³/mol. The molecular formula is C10H8F2O3. The molecule has 0 spiro atoms. The lowest BCUT2D eigenvalue weighted by Gasteiger charge is -2.05. The van der Waals surface area contributed by atoms with Crippen molar-refractivity contribution in [3.05, 3.63) is 34.9 Å². The molecule has 1 rings (SSSR count). The highest BCUT2D eigenvalue weighted by Gasteiger charge is 2.18. The number of benzene rings is 1. The zero-order valence-corrected chi connectivity index (χ0v) is 7.88. The van der Waals surface area contributed by atoms with Crippen LogP contribution in [0.4, 0.5) is 8.78 Å². The number of Topliss-reactive ketones (excluding diaryl/α,β-unsaturated/α-hetero) is 1. The Kier molecular flexibility index (Phi) is 3.14. The average molecular weight is 214 g/mol. The predicted octanol–water partition coefficient (Wildman–Crippen LogP) is 1.79. The minimum atomic E-state index is -1.49. The molecule has 0 radical (unpaired) electrons. The van der Waals surface area contributed by atoms with Crippen molar-refractivity contribution < 1.29 is 23.5 Å². The largest absolute Gasteiger partial charge is 0.478 e. The normalized spacial score (nSPS) is 10.1. The van der Waals surface area contributed by atoms with Gasteiger partial charge in [0.15, 0.2) is 0 Å². The highest BCUT2D eigenvalue weighted by atomic mass is 19.1. The lowest BCUT2D eigenvalue weighted by atomic mass is 10.0. The van der Waals surface area contributed by atoms with Gasteiger partial charge in [-0.1, -0.05) is 0 Å². The number of carboxylic acids is 1. The van der Waals surface area contributed by atoms with E-state index in [-0.39, 0.29) is 0 Å². The second-order valence-corrected chi connectivity index (χ2v) is 3.07. The maximum atomic E-state index is 13.4. The van der Waals surface area contributed by atoms with Gasteiger partial charge in [-0.2, -0.15) is 0 Å². The minimum Gasteiger partial charge on any atom is -0.478 e. The molecule has 0 aliphatic rings. The molecule has 1 N–H and O–H groups in total. The highest BCUT2D eigenvalue weighted by molar-refractivity contribution is 5.88. The number of hydrogen-bond donors (Lipinski definition) is 1. The second kappa shape index (κ2) is 4.16. The smallest absolute Gasteiger partial charge is 0.338 e. The van der Waals surface area contributed by atoms with Crippen LogP contribution in [0.25, 0.3) is 0 Å². The average Bonchev–Trinajstić information content (AvgIpc) is 2.11. The van der Waals surface area contributed by atoms with Crippen LogP contribution >= 0.6 is 0 Å². The van der Waals surface area contributed by atoms with Crippen LogP contribution in [0.3, 0.4) is 0 Å². The maximum Gasteiger partial charge on any atom is 0.338 e. The summed E-state index contributed by atoms with van der Waals surface area (Å²) in [5, 5.41) is 8.57. The van der Waals surface area contributed by atoms with Gasteiger partial charge in [-0.25, -0.2) is 13.6 Å². The van der Waals surface area contributed by atoms with Gasteiger partial charge < -0.3 is 5.11 Å². The molecule has 0 aliphatic heterocycles. The number of halogens is 2. The van der Waals surface area contributed by atoms with E-state index >= 15 is 0 Å². The summed E-state index contributed by atoms with van der Waals surface area (Å²) in [4.78, 5) is 21.2. The van der Waals surface area contributed by atoms with Crippen molar-refractivity contribution in [2.45, 2.75) is 13.3 Å². The molecule has 80 valence electrons. The molecule has 5 heteroatoms. The van der Waals surface area contributed by atoms with Gasteiger partial charge in [-0.15, -0.1) is 0 Å². The van der Waals surface area contributed by atoms with E-state index in [4.69, 9.17) is 5.11 Å². The molecule has 1 aromatic rings. The molecule has 0 unspecified atom stereocenters. The number of aromatic carboxylic acids is 1. The van der Waals surface area contributed by atoms with E-state index in [1.54, 1.807) is 0 Å². The monoisotopic (exact) mass is 214 g/mol. The maximum absolute atomic E-state index is 13.4. The SMILES string of the molecule is CC(=O)Cc1c(F)ccc(C(=O)O)c1F. The molecule has 3 nitrogen and oxygen atoms in total. The topological polar surface area (TPSA) is 54.4 Å². The number of carbonyl (C=O) groups excluding carboxylic acids is 1. The van der Waals surface area contributed by atoms with Crippen LogP contribution in [0.1, 0.15) is 22.8 Å². The van der Waals surface area contributed by atoms with Crippen LogP contribution < -0.4 is 0 Å².